The molecule has 0 aliphatic carbocycles. The Kier molecular flexibility index (Phi) is 7.75. The molecule has 1 N–H and O–H groups in total. The maximum atomic E-state index is 12.1. The molecule has 0 unspecified atom stereocenters. The van der Waals surface area contributed by atoms with Crippen LogP contribution in [0, 0.1) is 0 Å². The Bertz CT molecular complexity index is 829. The van der Waals surface area contributed by atoms with Gasteiger partial charge in [-0.2, -0.15) is 0 Å². The highest BCUT2D eigenvalue weighted by Gasteiger charge is 2.21. The Balaban J connectivity index is 1.52. The van der Waals surface area contributed by atoms with Crippen molar-refractivity contribution in [1.82, 2.24) is 15.2 Å². The lowest BCUT2D eigenvalue weighted by Gasteiger charge is -2.14. The number of hydrogen-bond acceptors (Lipinski definition) is 6. The fourth-order valence-electron chi connectivity index (χ4n) is 2.73. The minimum Gasteiger partial charge on any atom is -0.494 e. The van der Waals surface area contributed by atoms with Crippen molar-refractivity contribution in [2.45, 2.75) is 26.3 Å². The van der Waals surface area contributed by atoms with E-state index < -0.39 is 0 Å². The van der Waals surface area contributed by atoms with Crippen LogP contribution < -0.4 is 14.8 Å². The summed E-state index contributed by atoms with van der Waals surface area (Å²) in [5.74, 6) is 2.57. The summed E-state index contributed by atoms with van der Waals surface area (Å²) in [4.78, 5) is 29.7. The summed E-state index contributed by atoms with van der Waals surface area (Å²) in [6.07, 6.45) is 2.88. The fourth-order valence-corrected chi connectivity index (χ4v) is 3.58. The molecule has 2 aromatic rings. The van der Waals surface area contributed by atoms with Gasteiger partial charge in [0, 0.05) is 43.6 Å². The van der Waals surface area contributed by atoms with Gasteiger partial charge in [-0.05, 0) is 36.8 Å². The Morgan fingerprint density at radius 3 is 2.76 bits per heavy atom. The van der Waals surface area contributed by atoms with Gasteiger partial charge in [0.15, 0.2) is 0 Å². The van der Waals surface area contributed by atoms with E-state index in [2.05, 4.69) is 17.2 Å². The Morgan fingerprint density at radius 1 is 1.24 bits per heavy atom. The van der Waals surface area contributed by atoms with Gasteiger partial charge in [-0.1, -0.05) is 24.8 Å². The minimum absolute atomic E-state index is 0.0480. The zero-order valence-corrected chi connectivity index (χ0v) is 17.2. The van der Waals surface area contributed by atoms with Crippen LogP contribution in [0.25, 0.3) is 0 Å². The van der Waals surface area contributed by atoms with Crippen molar-refractivity contribution in [3.8, 4) is 17.4 Å². The number of carbonyl (C=O) groups is 2. The van der Waals surface area contributed by atoms with Crippen LogP contribution in [0.1, 0.15) is 25.3 Å². The average molecular weight is 416 g/mol. The molecule has 7 nitrogen and oxygen atoms in total. The molecule has 1 aromatic carbocycles. The van der Waals surface area contributed by atoms with Crippen molar-refractivity contribution in [3.63, 3.8) is 0 Å². The summed E-state index contributed by atoms with van der Waals surface area (Å²) in [6.45, 7) is 4.20. The number of ether oxygens (including phenoxy) is 2. The van der Waals surface area contributed by atoms with Gasteiger partial charge in [-0.25, -0.2) is 4.98 Å². The molecular weight excluding hydrogens is 390 g/mol. The summed E-state index contributed by atoms with van der Waals surface area (Å²) in [7, 11) is 0. The van der Waals surface area contributed by atoms with Gasteiger partial charge >= 0.3 is 0 Å². The second-order valence-electron chi connectivity index (χ2n) is 6.52. The number of pyridine rings is 1. The van der Waals surface area contributed by atoms with Gasteiger partial charge in [0.25, 0.3) is 5.24 Å². The maximum absolute atomic E-state index is 12.1. The van der Waals surface area contributed by atoms with Crippen LogP contribution >= 0.6 is 11.8 Å². The molecule has 0 bridgehead atoms. The molecule has 1 aliphatic rings. The van der Waals surface area contributed by atoms with Crippen molar-refractivity contribution in [2.75, 3.05) is 25.4 Å². The van der Waals surface area contributed by atoms with Gasteiger partial charge in [0.2, 0.25) is 11.8 Å². The van der Waals surface area contributed by atoms with E-state index in [0.29, 0.717) is 37.9 Å². The lowest BCUT2D eigenvalue weighted by molar-refractivity contribution is -0.121. The zero-order valence-electron chi connectivity index (χ0n) is 16.4. The van der Waals surface area contributed by atoms with E-state index in [1.54, 1.807) is 17.2 Å². The number of hydrogen-bond donors (Lipinski definition) is 1. The van der Waals surface area contributed by atoms with Gasteiger partial charge in [-0.3, -0.25) is 9.59 Å². The number of carbonyl (C=O) groups excluding carboxylic acids is 2. The predicted molar refractivity (Wildman–Crippen MR) is 112 cm³/mol. The number of rotatable bonds is 10. The first kappa shape index (κ1) is 21.0. The maximum Gasteiger partial charge on any atom is 0.281 e. The van der Waals surface area contributed by atoms with Crippen LogP contribution in [0.15, 0.2) is 42.6 Å². The van der Waals surface area contributed by atoms with Crippen LogP contribution in [-0.2, 0) is 11.3 Å². The lowest BCUT2D eigenvalue weighted by atomic mass is 10.2. The third-order valence-electron chi connectivity index (χ3n) is 4.29. The first-order chi connectivity index (χ1) is 14.2. The Morgan fingerprint density at radius 2 is 2.03 bits per heavy atom. The molecule has 0 radical (unpaired) electrons. The average Bonchev–Trinajstić information content (AvgIpc) is 3.16. The standard InChI is InChI=1S/C21H25N3O4S/c1-2-13-27-17-5-7-18(8-6-17)28-20-16(4-3-10-22-20)15-23-19(25)9-11-24-12-14-29-21(24)26/h3-8,10H,2,9,11-15H2,1H3,(H,23,25). The van der Waals surface area contributed by atoms with Crippen molar-refractivity contribution < 1.29 is 19.1 Å². The molecule has 3 rings (SSSR count). The molecule has 1 saturated heterocycles. The molecule has 1 aromatic heterocycles. The van der Waals surface area contributed by atoms with Crippen LogP contribution in [-0.4, -0.2) is 46.5 Å². The van der Waals surface area contributed by atoms with E-state index in [1.807, 2.05) is 30.3 Å². The number of aromatic nitrogens is 1. The van der Waals surface area contributed by atoms with Crippen molar-refractivity contribution in [1.29, 1.82) is 0 Å². The summed E-state index contributed by atoms with van der Waals surface area (Å²) in [5.41, 5.74) is 0.778. The molecule has 2 heterocycles. The highest BCUT2D eigenvalue weighted by molar-refractivity contribution is 8.13. The molecule has 0 spiro atoms. The van der Waals surface area contributed by atoms with Crippen molar-refractivity contribution in [3.05, 3.63) is 48.2 Å². The topological polar surface area (TPSA) is 80.8 Å². The van der Waals surface area contributed by atoms with E-state index >= 15 is 0 Å². The molecule has 29 heavy (non-hydrogen) atoms. The molecular formula is C21H25N3O4S. The second kappa shape index (κ2) is 10.7. The normalized spacial score (nSPS) is 13.4. The van der Waals surface area contributed by atoms with E-state index in [9.17, 15) is 9.59 Å². The highest BCUT2D eigenvalue weighted by atomic mass is 32.2. The van der Waals surface area contributed by atoms with Crippen LogP contribution in [0.4, 0.5) is 4.79 Å². The van der Waals surface area contributed by atoms with E-state index in [-0.39, 0.29) is 17.6 Å². The second-order valence-corrected chi connectivity index (χ2v) is 7.56. The van der Waals surface area contributed by atoms with Crippen LogP contribution in [0.5, 0.6) is 17.4 Å². The Hall–Kier alpha value is -2.74. The van der Waals surface area contributed by atoms with Gasteiger partial charge < -0.3 is 19.7 Å². The zero-order chi connectivity index (χ0) is 20.5. The third-order valence-corrected chi connectivity index (χ3v) is 5.18. The van der Waals surface area contributed by atoms with Crippen molar-refractivity contribution in [2.24, 2.45) is 0 Å². The van der Waals surface area contributed by atoms with E-state index in [4.69, 9.17) is 9.47 Å². The first-order valence-corrected chi connectivity index (χ1v) is 10.7. The molecule has 0 atom stereocenters. The highest BCUT2D eigenvalue weighted by Crippen LogP contribution is 2.25. The summed E-state index contributed by atoms with van der Waals surface area (Å²) in [6, 6.07) is 11.0. The smallest absolute Gasteiger partial charge is 0.281 e. The predicted octanol–water partition coefficient (Wildman–Crippen LogP) is 3.84. The number of nitrogens with one attached hydrogen (secondary N) is 1. The largest absolute Gasteiger partial charge is 0.494 e. The quantitative estimate of drug-likeness (QED) is 0.635. The number of nitrogens with zero attached hydrogens (tertiary/aromatic N) is 2. The summed E-state index contributed by atoms with van der Waals surface area (Å²) < 4.78 is 11.5. The molecule has 1 fully saturated rings. The van der Waals surface area contributed by atoms with Gasteiger partial charge in [0.1, 0.15) is 11.5 Å². The van der Waals surface area contributed by atoms with E-state index in [0.717, 1.165) is 23.5 Å². The first-order valence-electron chi connectivity index (χ1n) is 9.68. The Labute approximate surface area is 174 Å². The lowest BCUT2D eigenvalue weighted by Crippen LogP contribution is -2.30. The van der Waals surface area contributed by atoms with Crippen LogP contribution in [0.2, 0.25) is 0 Å². The fraction of sp³-hybridized carbons (Fsp3) is 0.381. The van der Waals surface area contributed by atoms with Gasteiger partial charge in [0.05, 0.1) is 6.61 Å². The third kappa shape index (κ3) is 6.39. The molecule has 154 valence electrons. The monoisotopic (exact) mass is 415 g/mol. The van der Waals surface area contributed by atoms with Gasteiger partial charge in [-0.15, -0.1) is 0 Å². The van der Waals surface area contributed by atoms with E-state index in [1.165, 1.54) is 11.8 Å². The molecule has 2 amide bonds. The molecule has 1 aliphatic heterocycles. The summed E-state index contributed by atoms with van der Waals surface area (Å²) >= 11 is 1.30. The molecule has 0 saturated carbocycles. The number of amides is 2. The summed E-state index contributed by atoms with van der Waals surface area (Å²) in [5, 5.41) is 2.92. The number of thioether (sulfide) groups is 1. The molecule has 8 heteroatoms. The van der Waals surface area contributed by atoms with Crippen LogP contribution in [0.3, 0.4) is 0 Å². The number of benzene rings is 1. The minimum atomic E-state index is -0.109. The van der Waals surface area contributed by atoms with Crippen molar-refractivity contribution >= 4 is 22.9 Å². The SMILES string of the molecule is CCCOc1ccc(Oc2ncccc2CNC(=O)CCN2CCSC2=O)cc1.